The van der Waals surface area contributed by atoms with Crippen LogP contribution in [-0.4, -0.2) is 11.1 Å². The standard InChI is InChI=1S/C14H10Br2FNO2/c15-10-2-1-3-12(17)13(10)18-7-9-5-4-8(14(19)20)6-11(9)16/h1-6,18H,7H2,(H,19,20). The number of aromatic carboxylic acids is 1. The molecule has 20 heavy (non-hydrogen) atoms. The highest BCUT2D eigenvalue weighted by atomic mass is 79.9. The fraction of sp³-hybridized carbons (Fsp3) is 0.0714. The molecule has 2 aromatic carbocycles. The van der Waals surface area contributed by atoms with E-state index < -0.39 is 5.97 Å². The van der Waals surface area contributed by atoms with Gasteiger partial charge in [0.1, 0.15) is 5.82 Å². The predicted molar refractivity (Wildman–Crippen MR) is 82.5 cm³/mol. The molecule has 0 saturated heterocycles. The minimum atomic E-state index is -0.984. The molecule has 0 fully saturated rings. The largest absolute Gasteiger partial charge is 0.478 e. The fourth-order valence-corrected chi connectivity index (χ4v) is 2.68. The zero-order chi connectivity index (χ0) is 14.7. The average molecular weight is 403 g/mol. The van der Waals surface area contributed by atoms with Crippen LogP contribution < -0.4 is 5.32 Å². The topological polar surface area (TPSA) is 49.3 Å². The van der Waals surface area contributed by atoms with Crippen molar-refractivity contribution in [2.24, 2.45) is 0 Å². The Balaban J connectivity index is 2.17. The van der Waals surface area contributed by atoms with E-state index in [-0.39, 0.29) is 11.4 Å². The van der Waals surface area contributed by atoms with E-state index >= 15 is 0 Å². The van der Waals surface area contributed by atoms with Crippen molar-refractivity contribution in [3.8, 4) is 0 Å². The molecule has 0 radical (unpaired) electrons. The van der Waals surface area contributed by atoms with Crippen LogP contribution in [0, 0.1) is 5.82 Å². The Morgan fingerprint density at radius 2 is 1.95 bits per heavy atom. The smallest absolute Gasteiger partial charge is 0.335 e. The molecule has 6 heteroatoms. The summed E-state index contributed by atoms with van der Waals surface area (Å²) in [5.41, 5.74) is 1.42. The van der Waals surface area contributed by atoms with E-state index in [0.29, 0.717) is 21.2 Å². The molecule has 0 saturated carbocycles. The molecule has 0 aliphatic rings. The SMILES string of the molecule is O=C(O)c1ccc(CNc2c(F)cccc2Br)c(Br)c1. The number of carbonyl (C=O) groups is 1. The number of benzene rings is 2. The third kappa shape index (κ3) is 3.37. The first-order valence-corrected chi connectivity index (χ1v) is 7.27. The molecule has 2 rings (SSSR count). The first-order valence-electron chi connectivity index (χ1n) is 5.68. The van der Waals surface area contributed by atoms with Crippen LogP contribution in [0.25, 0.3) is 0 Å². The molecule has 0 aliphatic carbocycles. The summed E-state index contributed by atoms with van der Waals surface area (Å²) >= 11 is 6.60. The van der Waals surface area contributed by atoms with Gasteiger partial charge in [-0.25, -0.2) is 9.18 Å². The summed E-state index contributed by atoms with van der Waals surface area (Å²) in [5.74, 6) is -1.33. The van der Waals surface area contributed by atoms with Gasteiger partial charge in [0.05, 0.1) is 11.3 Å². The van der Waals surface area contributed by atoms with Gasteiger partial charge >= 0.3 is 5.97 Å². The molecule has 0 spiro atoms. The molecule has 0 unspecified atom stereocenters. The summed E-state index contributed by atoms with van der Waals surface area (Å²) < 4.78 is 14.9. The van der Waals surface area contributed by atoms with Gasteiger partial charge < -0.3 is 10.4 Å². The number of anilines is 1. The maximum absolute atomic E-state index is 13.6. The van der Waals surface area contributed by atoms with Crippen molar-refractivity contribution in [3.63, 3.8) is 0 Å². The number of rotatable bonds is 4. The Bertz CT molecular complexity index is 641. The van der Waals surface area contributed by atoms with E-state index in [0.717, 1.165) is 5.56 Å². The summed E-state index contributed by atoms with van der Waals surface area (Å²) in [6.07, 6.45) is 0. The average Bonchev–Trinajstić information content (AvgIpc) is 2.39. The molecule has 104 valence electrons. The van der Waals surface area contributed by atoms with Crippen molar-refractivity contribution >= 4 is 43.5 Å². The number of carboxylic acid groups (broad SMARTS) is 1. The molecular formula is C14H10Br2FNO2. The third-order valence-corrected chi connectivity index (χ3v) is 4.12. The summed E-state index contributed by atoms with van der Waals surface area (Å²) in [5, 5.41) is 11.9. The summed E-state index contributed by atoms with van der Waals surface area (Å²) in [4.78, 5) is 10.8. The molecule has 2 N–H and O–H groups in total. The lowest BCUT2D eigenvalue weighted by atomic mass is 10.1. The molecule has 0 amide bonds. The molecule has 0 aromatic heterocycles. The maximum Gasteiger partial charge on any atom is 0.335 e. The van der Waals surface area contributed by atoms with Gasteiger partial charge in [-0.15, -0.1) is 0 Å². The number of para-hydroxylation sites is 1. The zero-order valence-corrected chi connectivity index (χ0v) is 13.3. The Kier molecular flexibility index (Phi) is 4.77. The second-order valence-electron chi connectivity index (χ2n) is 4.06. The highest BCUT2D eigenvalue weighted by molar-refractivity contribution is 9.11. The van der Waals surface area contributed by atoms with Gasteiger partial charge in [-0.05, 0) is 45.8 Å². The minimum absolute atomic E-state index is 0.202. The van der Waals surface area contributed by atoms with Crippen molar-refractivity contribution in [1.82, 2.24) is 0 Å². The van der Waals surface area contributed by atoms with Gasteiger partial charge in [-0.3, -0.25) is 0 Å². The highest BCUT2D eigenvalue weighted by Gasteiger charge is 2.09. The lowest BCUT2D eigenvalue weighted by Gasteiger charge is -2.11. The van der Waals surface area contributed by atoms with Crippen LogP contribution in [0.15, 0.2) is 45.3 Å². The number of hydrogen-bond donors (Lipinski definition) is 2. The van der Waals surface area contributed by atoms with E-state index in [1.54, 1.807) is 18.2 Å². The van der Waals surface area contributed by atoms with Crippen LogP contribution >= 0.6 is 31.9 Å². The molecule has 0 atom stereocenters. The lowest BCUT2D eigenvalue weighted by molar-refractivity contribution is 0.0697. The first-order chi connectivity index (χ1) is 9.49. The van der Waals surface area contributed by atoms with Crippen molar-refractivity contribution in [2.75, 3.05) is 5.32 Å². The van der Waals surface area contributed by atoms with E-state index in [4.69, 9.17) is 5.11 Å². The molecule has 3 nitrogen and oxygen atoms in total. The Labute approximate surface area is 132 Å². The van der Waals surface area contributed by atoms with Crippen LogP contribution in [0.4, 0.5) is 10.1 Å². The monoisotopic (exact) mass is 401 g/mol. The number of halogens is 3. The predicted octanol–water partition coefficient (Wildman–Crippen LogP) is 4.66. The van der Waals surface area contributed by atoms with Crippen LogP contribution in [0.1, 0.15) is 15.9 Å². The summed E-state index contributed by atoms with van der Waals surface area (Å²) in [6.45, 7) is 0.375. The Morgan fingerprint density at radius 1 is 1.20 bits per heavy atom. The Hall–Kier alpha value is -1.40. The van der Waals surface area contributed by atoms with Crippen LogP contribution in [0.3, 0.4) is 0 Å². The third-order valence-electron chi connectivity index (χ3n) is 2.72. The van der Waals surface area contributed by atoms with Crippen molar-refractivity contribution in [1.29, 1.82) is 0 Å². The van der Waals surface area contributed by atoms with Gasteiger partial charge in [-0.2, -0.15) is 0 Å². The minimum Gasteiger partial charge on any atom is -0.478 e. The number of hydrogen-bond acceptors (Lipinski definition) is 2. The van der Waals surface area contributed by atoms with Gasteiger partial charge in [0, 0.05) is 15.5 Å². The molecule has 0 aliphatic heterocycles. The van der Waals surface area contributed by atoms with Crippen LogP contribution in [-0.2, 0) is 6.54 Å². The number of nitrogens with one attached hydrogen (secondary N) is 1. The molecular weight excluding hydrogens is 393 g/mol. The van der Waals surface area contributed by atoms with Crippen LogP contribution in [0.5, 0.6) is 0 Å². The maximum atomic E-state index is 13.6. The van der Waals surface area contributed by atoms with Gasteiger partial charge in [0.2, 0.25) is 0 Å². The molecule has 0 heterocycles. The fourth-order valence-electron chi connectivity index (χ4n) is 1.67. The van der Waals surface area contributed by atoms with E-state index in [1.807, 2.05) is 0 Å². The first kappa shape index (κ1) is 15.0. The quantitative estimate of drug-likeness (QED) is 0.781. The van der Waals surface area contributed by atoms with Crippen LogP contribution in [0.2, 0.25) is 0 Å². The zero-order valence-electron chi connectivity index (χ0n) is 10.2. The highest BCUT2D eigenvalue weighted by Crippen LogP contribution is 2.27. The Morgan fingerprint density at radius 3 is 2.55 bits per heavy atom. The molecule has 2 aromatic rings. The summed E-state index contributed by atoms with van der Waals surface area (Å²) in [7, 11) is 0. The lowest BCUT2D eigenvalue weighted by Crippen LogP contribution is -2.04. The van der Waals surface area contributed by atoms with Crippen molar-refractivity contribution in [3.05, 3.63) is 62.3 Å². The van der Waals surface area contributed by atoms with E-state index in [9.17, 15) is 9.18 Å². The van der Waals surface area contributed by atoms with E-state index in [2.05, 4.69) is 37.2 Å². The van der Waals surface area contributed by atoms with Gasteiger partial charge in [-0.1, -0.05) is 28.1 Å². The van der Waals surface area contributed by atoms with Gasteiger partial charge in [0.15, 0.2) is 0 Å². The number of carboxylic acids is 1. The molecule has 0 bridgehead atoms. The van der Waals surface area contributed by atoms with Gasteiger partial charge in [0.25, 0.3) is 0 Å². The van der Waals surface area contributed by atoms with Crippen molar-refractivity contribution < 1.29 is 14.3 Å². The summed E-state index contributed by atoms with van der Waals surface area (Å²) in [6, 6.07) is 9.46. The second kappa shape index (κ2) is 6.37. The second-order valence-corrected chi connectivity index (χ2v) is 5.77. The van der Waals surface area contributed by atoms with Crippen molar-refractivity contribution in [2.45, 2.75) is 6.54 Å². The van der Waals surface area contributed by atoms with E-state index in [1.165, 1.54) is 18.2 Å². The normalized spacial score (nSPS) is 10.3.